The van der Waals surface area contributed by atoms with Gasteiger partial charge in [0, 0.05) is 6.07 Å². The Labute approximate surface area is 155 Å². The SMILES string of the molecule is CC(C)(C)OC(=O)N[C@H](C(=O)Nc1cc(F)c(Br)cc1N)C(C)(C)C. The minimum atomic E-state index is -0.909. The predicted octanol–water partition coefficient (Wildman–Crippen LogP) is 4.05. The number of alkyl carbamates (subject to hydrolysis) is 1. The summed E-state index contributed by atoms with van der Waals surface area (Å²) in [5.74, 6) is -1.08. The third kappa shape index (κ3) is 6.53. The number of carbonyl (C=O) groups excluding carboxylic acids is 2. The van der Waals surface area contributed by atoms with Crippen molar-refractivity contribution in [1.82, 2.24) is 5.32 Å². The van der Waals surface area contributed by atoms with Crippen molar-refractivity contribution in [2.24, 2.45) is 5.41 Å². The quantitative estimate of drug-likeness (QED) is 0.646. The molecule has 2 amide bonds. The van der Waals surface area contributed by atoms with Gasteiger partial charge in [-0.3, -0.25) is 4.79 Å². The molecule has 1 rings (SSSR count). The fraction of sp³-hybridized carbons (Fsp3) is 0.529. The summed E-state index contributed by atoms with van der Waals surface area (Å²) in [6, 6.07) is 1.57. The van der Waals surface area contributed by atoms with E-state index < -0.39 is 34.9 Å². The lowest BCUT2D eigenvalue weighted by atomic mass is 9.86. The van der Waals surface area contributed by atoms with Crippen LogP contribution in [-0.2, 0) is 9.53 Å². The van der Waals surface area contributed by atoms with E-state index in [1.165, 1.54) is 6.07 Å². The van der Waals surface area contributed by atoms with E-state index in [2.05, 4.69) is 26.6 Å². The van der Waals surface area contributed by atoms with Crippen molar-refractivity contribution in [2.75, 3.05) is 11.1 Å². The smallest absolute Gasteiger partial charge is 0.408 e. The molecule has 0 aromatic heterocycles. The summed E-state index contributed by atoms with van der Waals surface area (Å²) >= 11 is 3.03. The molecule has 0 bridgehead atoms. The van der Waals surface area contributed by atoms with Gasteiger partial charge in [-0.15, -0.1) is 0 Å². The van der Waals surface area contributed by atoms with Gasteiger partial charge in [0.15, 0.2) is 0 Å². The van der Waals surface area contributed by atoms with Crippen LogP contribution in [0.15, 0.2) is 16.6 Å². The third-order valence-corrected chi connectivity index (χ3v) is 3.75. The summed E-state index contributed by atoms with van der Waals surface area (Å²) in [7, 11) is 0. The first-order valence-electron chi connectivity index (χ1n) is 7.75. The number of hydrogen-bond donors (Lipinski definition) is 3. The van der Waals surface area contributed by atoms with Crippen LogP contribution in [0.4, 0.5) is 20.6 Å². The number of amides is 2. The van der Waals surface area contributed by atoms with E-state index in [0.717, 1.165) is 6.07 Å². The fourth-order valence-corrected chi connectivity index (χ4v) is 2.34. The van der Waals surface area contributed by atoms with Gasteiger partial charge in [-0.05, 0) is 48.2 Å². The predicted molar refractivity (Wildman–Crippen MR) is 99.8 cm³/mol. The van der Waals surface area contributed by atoms with Crippen LogP contribution in [0.1, 0.15) is 41.5 Å². The maximum Gasteiger partial charge on any atom is 0.408 e. The molecule has 0 saturated carbocycles. The number of anilines is 2. The number of nitrogens with two attached hydrogens (primary N) is 1. The summed E-state index contributed by atoms with van der Waals surface area (Å²) < 4.78 is 19.1. The lowest BCUT2D eigenvalue weighted by molar-refractivity contribution is -0.120. The minimum Gasteiger partial charge on any atom is -0.444 e. The molecule has 0 aliphatic carbocycles. The summed E-state index contributed by atoms with van der Waals surface area (Å²) in [5, 5.41) is 5.12. The van der Waals surface area contributed by atoms with Crippen LogP contribution in [0.5, 0.6) is 0 Å². The number of halogens is 2. The largest absolute Gasteiger partial charge is 0.444 e. The summed E-state index contributed by atoms with van der Waals surface area (Å²) in [6.45, 7) is 10.6. The van der Waals surface area contributed by atoms with Gasteiger partial charge >= 0.3 is 6.09 Å². The molecule has 1 aromatic carbocycles. The molecule has 1 atom stereocenters. The molecule has 1 aromatic rings. The second-order valence-electron chi connectivity index (χ2n) is 7.79. The molecular weight excluding hydrogens is 393 g/mol. The first-order chi connectivity index (χ1) is 11.2. The van der Waals surface area contributed by atoms with Crippen molar-refractivity contribution >= 4 is 39.3 Å². The van der Waals surface area contributed by atoms with E-state index >= 15 is 0 Å². The molecule has 0 aliphatic heterocycles. The Balaban J connectivity index is 2.99. The topological polar surface area (TPSA) is 93.4 Å². The molecule has 0 aliphatic rings. The molecule has 0 spiro atoms. The average molecular weight is 418 g/mol. The zero-order chi connectivity index (χ0) is 19.6. The lowest BCUT2D eigenvalue weighted by Gasteiger charge is -2.31. The van der Waals surface area contributed by atoms with E-state index in [1.807, 2.05) is 0 Å². The maximum atomic E-state index is 13.7. The van der Waals surface area contributed by atoms with E-state index in [-0.39, 0.29) is 15.8 Å². The van der Waals surface area contributed by atoms with Crippen LogP contribution in [-0.4, -0.2) is 23.6 Å². The van der Waals surface area contributed by atoms with Crippen LogP contribution in [0.3, 0.4) is 0 Å². The van der Waals surface area contributed by atoms with E-state index in [9.17, 15) is 14.0 Å². The molecule has 6 nitrogen and oxygen atoms in total. The van der Waals surface area contributed by atoms with Gasteiger partial charge in [-0.25, -0.2) is 9.18 Å². The highest BCUT2D eigenvalue weighted by molar-refractivity contribution is 9.10. The van der Waals surface area contributed by atoms with Crippen LogP contribution >= 0.6 is 15.9 Å². The highest BCUT2D eigenvalue weighted by Crippen LogP contribution is 2.28. The molecule has 0 radical (unpaired) electrons. The van der Waals surface area contributed by atoms with Crippen LogP contribution in [0.25, 0.3) is 0 Å². The maximum absolute atomic E-state index is 13.7. The molecule has 0 unspecified atom stereocenters. The van der Waals surface area contributed by atoms with Crippen LogP contribution in [0, 0.1) is 11.2 Å². The Hall–Kier alpha value is -1.83. The summed E-state index contributed by atoms with van der Waals surface area (Å²) in [5.41, 5.74) is 4.84. The number of rotatable bonds is 3. The van der Waals surface area contributed by atoms with Crippen LogP contribution in [0.2, 0.25) is 0 Å². The van der Waals surface area contributed by atoms with E-state index in [0.29, 0.717) is 0 Å². The first kappa shape index (κ1) is 21.2. The number of hydrogen-bond acceptors (Lipinski definition) is 4. The number of benzene rings is 1. The van der Waals surface area contributed by atoms with Gasteiger partial charge in [-0.2, -0.15) is 0 Å². The second kappa shape index (κ2) is 7.59. The monoisotopic (exact) mass is 417 g/mol. The highest BCUT2D eigenvalue weighted by atomic mass is 79.9. The Morgan fingerprint density at radius 2 is 1.76 bits per heavy atom. The van der Waals surface area contributed by atoms with Crippen LogP contribution < -0.4 is 16.4 Å². The Morgan fingerprint density at radius 1 is 1.20 bits per heavy atom. The van der Waals surface area contributed by atoms with E-state index in [4.69, 9.17) is 10.5 Å². The standard InChI is InChI=1S/C17H25BrFN3O3/c1-16(2,3)13(22-15(24)25-17(4,5)6)14(23)21-12-8-10(19)9(18)7-11(12)20/h7-8,13H,20H2,1-6H3,(H,21,23)(H,22,24)/t13-/m1/s1. The lowest BCUT2D eigenvalue weighted by Crippen LogP contribution is -2.52. The van der Waals surface area contributed by atoms with Crippen molar-refractivity contribution in [3.63, 3.8) is 0 Å². The van der Waals surface area contributed by atoms with Crippen molar-refractivity contribution in [2.45, 2.75) is 53.2 Å². The molecule has 0 fully saturated rings. The van der Waals surface area contributed by atoms with Crippen molar-refractivity contribution in [3.8, 4) is 0 Å². The number of carbonyl (C=O) groups is 2. The zero-order valence-corrected chi connectivity index (χ0v) is 16.9. The molecule has 0 saturated heterocycles. The Kier molecular flexibility index (Phi) is 6.44. The van der Waals surface area contributed by atoms with Gasteiger partial charge in [0.25, 0.3) is 0 Å². The molecule has 25 heavy (non-hydrogen) atoms. The van der Waals surface area contributed by atoms with Gasteiger partial charge in [0.05, 0.1) is 15.8 Å². The van der Waals surface area contributed by atoms with Crippen molar-refractivity contribution < 1.29 is 18.7 Å². The Bertz CT molecular complexity index is 666. The summed E-state index contributed by atoms with van der Waals surface area (Å²) in [6.07, 6.45) is -0.711. The molecule has 0 heterocycles. The molecular formula is C17H25BrFN3O3. The minimum absolute atomic E-state index is 0.130. The zero-order valence-electron chi connectivity index (χ0n) is 15.3. The second-order valence-corrected chi connectivity index (χ2v) is 8.64. The fourth-order valence-electron chi connectivity index (χ4n) is 1.98. The number of ether oxygens (including phenoxy) is 1. The first-order valence-corrected chi connectivity index (χ1v) is 8.55. The average Bonchev–Trinajstić information content (AvgIpc) is 2.38. The van der Waals surface area contributed by atoms with Gasteiger partial charge in [0.2, 0.25) is 5.91 Å². The number of nitrogen functional groups attached to an aromatic ring is 1. The van der Waals surface area contributed by atoms with Gasteiger partial charge in [0.1, 0.15) is 17.5 Å². The molecule has 4 N–H and O–H groups in total. The van der Waals surface area contributed by atoms with Crippen molar-refractivity contribution in [1.29, 1.82) is 0 Å². The third-order valence-electron chi connectivity index (χ3n) is 3.14. The Morgan fingerprint density at radius 3 is 2.24 bits per heavy atom. The number of nitrogens with one attached hydrogen (secondary N) is 2. The highest BCUT2D eigenvalue weighted by Gasteiger charge is 2.34. The normalized spacial score (nSPS) is 13.1. The van der Waals surface area contributed by atoms with Crippen molar-refractivity contribution in [3.05, 3.63) is 22.4 Å². The van der Waals surface area contributed by atoms with Gasteiger partial charge in [-0.1, -0.05) is 20.8 Å². The van der Waals surface area contributed by atoms with Gasteiger partial charge < -0.3 is 21.1 Å². The molecule has 140 valence electrons. The van der Waals surface area contributed by atoms with E-state index in [1.54, 1.807) is 41.5 Å². The molecule has 8 heteroatoms. The summed E-state index contributed by atoms with van der Waals surface area (Å²) in [4.78, 5) is 24.7.